The molecule has 0 atom stereocenters. The molecule has 0 aliphatic carbocycles. The van der Waals surface area contributed by atoms with Crippen LogP contribution in [0.2, 0.25) is 0 Å². The second kappa shape index (κ2) is 10.4. The lowest BCUT2D eigenvalue weighted by atomic mass is 10.1. The van der Waals surface area contributed by atoms with Crippen molar-refractivity contribution in [1.82, 2.24) is 14.8 Å². The molecule has 30 heavy (non-hydrogen) atoms. The Morgan fingerprint density at radius 3 is 2.43 bits per heavy atom. The number of hydrogen-bond donors (Lipinski definition) is 1. The molecule has 7 nitrogen and oxygen atoms in total. The molecule has 0 bridgehead atoms. The molecule has 0 saturated carbocycles. The van der Waals surface area contributed by atoms with Crippen LogP contribution in [-0.2, 0) is 9.53 Å². The smallest absolute Gasteiger partial charge is 0.336 e. The van der Waals surface area contributed by atoms with Gasteiger partial charge in [-0.1, -0.05) is 53.0 Å². The maximum atomic E-state index is 11.7. The number of amides is 1. The van der Waals surface area contributed by atoms with E-state index >= 15 is 0 Å². The molecule has 0 aliphatic rings. The van der Waals surface area contributed by atoms with Gasteiger partial charge in [0.05, 0.1) is 12.3 Å². The van der Waals surface area contributed by atoms with Gasteiger partial charge >= 0.3 is 6.01 Å². The first-order valence-corrected chi connectivity index (χ1v) is 10.3. The molecule has 0 aliphatic heterocycles. The molecule has 1 N–H and O–H groups in total. The first kappa shape index (κ1) is 22.1. The Labute approximate surface area is 184 Å². The number of aryl methyl sites for hydroxylation is 1. The molecule has 3 rings (SSSR count). The van der Waals surface area contributed by atoms with E-state index in [1.54, 1.807) is 16.8 Å². The van der Waals surface area contributed by atoms with Crippen LogP contribution in [0.25, 0.3) is 17.1 Å². The van der Waals surface area contributed by atoms with Crippen LogP contribution in [0.3, 0.4) is 0 Å². The minimum Gasteiger partial charge on any atom is -0.460 e. The van der Waals surface area contributed by atoms with Crippen molar-refractivity contribution in [3.63, 3.8) is 0 Å². The number of anilines is 1. The Hall–Kier alpha value is -2.61. The number of carbonyl (C=O) groups is 1. The molecule has 0 fully saturated rings. The lowest BCUT2D eigenvalue weighted by Crippen LogP contribution is -2.18. The number of carbonyl (C=O) groups excluding carboxylic acids is 1. The van der Waals surface area contributed by atoms with Crippen molar-refractivity contribution in [1.29, 1.82) is 0 Å². The molecule has 158 valence electrons. The fraction of sp³-hybridized carbons (Fsp3) is 0.286. The number of hydrogen-bond acceptors (Lipinski definition) is 5. The van der Waals surface area contributed by atoms with E-state index in [0.29, 0.717) is 31.3 Å². The normalized spacial score (nSPS) is 11.0. The summed E-state index contributed by atoms with van der Waals surface area (Å²) >= 11 is 11.2. The van der Waals surface area contributed by atoms with Crippen LogP contribution in [0, 0.1) is 6.92 Å². The molecule has 0 radical (unpaired) electrons. The molecule has 0 unspecified atom stereocenters. The SMILES string of the molecule is CCOCCOc1nc(-c2ccc(C)cc2)n(-c2ccc(NC(=O)C(Cl)Cl)cc2)n1. The standard InChI is InChI=1S/C21H22Cl2N4O3/c1-3-29-12-13-30-21-25-19(15-6-4-14(2)5-7-15)27(26-21)17-10-8-16(9-11-17)24-20(28)18(22)23/h4-11,18H,3,12-13H2,1-2H3,(H,24,28). The quantitative estimate of drug-likeness (QED) is 0.387. The zero-order valence-corrected chi connectivity index (χ0v) is 18.2. The Bertz CT molecular complexity index is 973. The minimum atomic E-state index is -1.13. The van der Waals surface area contributed by atoms with Gasteiger partial charge in [-0.05, 0) is 38.1 Å². The Kier molecular flexibility index (Phi) is 7.68. The van der Waals surface area contributed by atoms with E-state index < -0.39 is 10.7 Å². The molecular weight excluding hydrogens is 427 g/mol. The maximum absolute atomic E-state index is 11.7. The van der Waals surface area contributed by atoms with Gasteiger partial charge in [-0.25, -0.2) is 4.68 Å². The Morgan fingerprint density at radius 1 is 1.10 bits per heavy atom. The highest BCUT2D eigenvalue weighted by Crippen LogP contribution is 2.25. The Balaban J connectivity index is 1.88. The lowest BCUT2D eigenvalue weighted by Gasteiger charge is -2.09. The van der Waals surface area contributed by atoms with Crippen LogP contribution in [-0.4, -0.2) is 45.3 Å². The number of nitrogens with zero attached hydrogens (tertiary/aromatic N) is 3. The van der Waals surface area contributed by atoms with Gasteiger partial charge in [0.25, 0.3) is 5.91 Å². The topological polar surface area (TPSA) is 78.3 Å². The van der Waals surface area contributed by atoms with E-state index in [2.05, 4.69) is 15.4 Å². The van der Waals surface area contributed by atoms with Crippen molar-refractivity contribution in [3.05, 3.63) is 54.1 Å². The van der Waals surface area contributed by atoms with Crippen LogP contribution in [0.4, 0.5) is 5.69 Å². The second-order valence-corrected chi connectivity index (χ2v) is 7.47. The van der Waals surface area contributed by atoms with Gasteiger partial charge in [0, 0.05) is 17.9 Å². The average molecular weight is 449 g/mol. The van der Waals surface area contributed by atoms with Crippen LogP contribution in [0.1, 0.15) is 12.5 Å². The second-order valence-electron chi connectivity index (χ2n) is 6.38. The van der Waals surface area contributed by atoms with Crippen LogP contribution < -0.4 is 10.1 Å². The summed E-state index contributed by atoms with van der Waals surface area (Å²) in [5, 5.41) is 7.12. The summed E-state index contributed by atoms with van der Waals surface area (Å²) in [6, 6.07) is 15.3. The summed E-state index contributed by atoms with van der Waals surface area (Å²) in [6.07, 6.45) is 0. The number of halogens is 2. The number of ether oxygens (including phenoxy) is 2. The molecule has 1 heterocycles. The molecule has 1 amide bonds. The number of alkyl halides is 2. The molecule has 0 saturated heterocycles. The number of nitrogens with one attached hydrogen (secondary N) is 1. The zero-order chi connectivity index (χ0) is 21.5. The molecule has 2 aromatic carbocycles. The third-order valence-corrected chi connectivity index (χ3v) is 4.53. The maximum Gasteiger partial charge on any atom is 0.336 e. The van der Waals surface area contributed by atoms with Gasteiger partial charge in [0.2, 0.25) is 0 Å². The first-order chi connectivity index (χ1) is 14.5. The van der Waals surface area contributed by atoms with Crippen molar-refractivity contribution >= 4 is 34.8 Å². The summed E-state index contributed by atoms with van der Waals surface area (Å²) in [6.45, 7) is 5.39. The molecule has 1 aromatic heterocycles. The van der Waals surface area contributed by atoms with E-state index in [1.807, 2.05) is 50.2 Å². The van der Waals surface area contributed by atoms with E-state index in [0.717, 1.165) is 16.8 Å². The predicted molar refractivity (Wildman–Crippen MR) is 118 cm³/mol. The van der Waals surface area contributed by atoms with Crippen molar-refractivity contribution < 1.29 is 14.3 Å². The van der Waals surface area contributed by atoms with Gasteiger partial charge in [-0.3, -0.25) is 4.79 Å². The highest BCUT2D eigenvalue weighted by Gasteiger charge is 2.16. The zero-order valence-electron chi connectivity index (χ0n) is 16.6. The largest absolute Gasteiger partial charge is 0.460 e. The van der Waals surface area contributed by atoms with Gasteiger partial charge < -0.3 is 14.8 Å². The number of aromatic nitrogens is 3. The summed E-state index contributed by atoms with van der Waals surface area (Å²) in [7, 11) is 0. The van der Waals surface area contributed by atoms with E-state index in [1.165, 1.54) is 0 Å². The number of rotatable bonds is 9. The average Bonchev–Trinajstić information content (AvgIpc) is 3.16. The first-order valence-electron chi connectivity index (χ1n) is 9.42. The van der Waals surface area contributed by atoms with Gasteiger partial charge in [-0.2, -0.15) is 4.98 Å². The van der Waals surface area contributed by atoms with Crippen LogP contribution in [0.15, 0.2) is 48.5 Å². The van der Waals surface area contributed by atoms with Crippen molar-refractivity contribution in [3.8, 4) is 23.1 Å². The highest BCUT2D eigenvalue weighted by molar-refractivity contribution is 6.54. The third kappa shape index (κ3) is 5.72. The minimum absolute atomic E-state index is 0.259. The fourth-order valence-corrected chi connectivity index (χ4v) is 2.75. The van der Waals surface area contributed by atoms with Crippen LogP contribution in [0.5, 0.6) is 6.01 Å². The van der Waals surface area contributed by atoms with Crippen LogP contribution >= 0.6 is 23.2 Å². The summed E-state index contributed by atoms with van der Waals surface area (Å²) < 4.78 is 12.6. The molecule has 0 spiro atoms. The van der Waals surface area contributed by atoms with Crippen molar-refractivity contribution in [2.45, 2.75) is 18.7 Å². The predicted octanol–water partition coefficient (Wildman–Crippen LogP) is 4.40. The summed E-state index contributed by atoms with van der Waals surface area (Å²) in [4.78, 5) is 15.1. The Morgan fingerprint density at radius 2 is 1.80 bits per heavy atom. The summed E-state index contributed by atoms with van der Waals surface area (Å²) in [5.74, 6) is 0.150. The van der Waals surface area contributed by atoms with E-state index in [9.17, 15) is 4.79 Å². The molecule has 9 heteroatoms. The van der Waals surface area contributed by atoms with Crippen molar-refractivity contribution in [2.75, 3.05) is 25.1 Å². The van der Waals surface area contributed by atoms with E-state index in [-0.39, 0.29) is 6.01 Å². The lowest BCUT2D eigenvalue weighted by molar-refractivity contribution is -0.114. The van der Waals surface area contributed by atoms with E-state index in [4.69, 9.17) is 32.7 Å². The molecular formula is C21H22Cl2N4O3. The fourth-order valence-electron chi connectivity index (χ4n) is 2.64. The van der Waals surface area contributed by atoms with Crippen molar-refractivity contribution in [2.24, 2.45) is 0 Å². The molecule has 3 aromatic rings. The van der Waals surface area contributed by atoms with Gasteiger partial charge in [0.15, 0.2) is 10.7 Å². The number of benzene rings is 2. The highest BCUT2D eigenvalue weighted by atomic mass is 35.5. The monoisotopic (exact) mass is 448 g/mol. The van der Waals surface area contributed by atoms with Gasteiger partial charge in [-0.15, -0.1) is 5.10 Å². The van der Waals surface area contributed by atoms with Gasteiger partial charge in [0.1, 0.15) is 6.61 Å². The summed E-state index contributed by atoms with van der Waals surface area (Å²) in [5.41, 5.74) is 3.37. The third-order valence-electron chi connectivity index (χ3n) is 4.14.